The fourth-order valence-corrected chi connectivity index (χ4v) is 3.21. The van der Waals surface area contributed by atoms with Crippen molar-refractivity contribution in [2.24, 2.45) is 0 Å². The summed E-state index contributed by atoms with van der Waals surface area (Å²) in [6, 6.07) is 13.6. The van der Waals surface area contributed by atoms with Gasteiger partial charge in [0.25, 0.3) is 0 Å². The van der Waals surface area contributed by atoms with Gasteiger partial charge in [0.2, 0.25) is 0 Å². The van der Waals surface area contributed by atoms with Crippen molar-refractivity contribution >= 4 is 44.0 Å². The van der Waals surface area contributed by atoms with Crippen molar-refractivity contribution < 1.29 is 14.6 Å². The molecule has 1 heterocycles. The molecule has 0 atom stereocenters. The first-order valence-corrected chi connectivity index (χ1v) is 7.92. The minimum atomic E-state index is -0.910. The summed E-state index contributed by atoms with van der Waals surface area (Å²) in [6.07, 6.45) is 0. The van der Waals surface area contributed by atoms with E-state index < -0.39 is 5.97 Å². The molecule has 0 unspecified atom stereocenters. The zero-order chi connectivity index (χ0) is 14.8. The monoisotopic (exact) mass is 362 g/mol. The number of fused-ring (bicyclic) bond motifs is 1. The van der Waals surface area contributed by atoms with Gasteiger partial charge in [0.15, 0.2) is 0 Å². The van der Waals surface area contributed by atoms with E-state index in [9.17, 15) is 4.79 Å². The number of carbonyl (C=O) groups is 1. The third-order valence-electron chi connectivity index (χ3n) is 3.11. The average molecular weight is 363 g/mol. The van der Waals surface area contributed by atoms with Crippen LogP contribution in [0.25, 0.3) is 10.8 Å². The van der Waals surface area contributed by atoms with E-state index in [2.05, 4.69) is 15.9 Å². The van der Waals surface area contributed by atoms with Crippen LogP contribution >= 0.6 is 27.3 Å². The SMILES string of the molecule is O=C(O)c1sccc1COc1ccc2cc(Br)ccc2c1. The van der Waals surface area contributed by atoms with Gasteiger partial charge in [0, 0.05) is 10.0 Å². The van der Waals surface area contributed by atoms with Gasteiger partial charge in [0.1, 0.15) is 17.2 Å². The van der Waals surface area contributed by atoms with Crippen molar-refractivity contribution in [2.45, 2.75) is 6.61 Å². The van der Waals surface area contributed by atoms with Crippen LogP contribution in [0.5, 0.6) is 5.75 Å². The lowest BCUT2D eigenvalue weighted by Gasteiger charge is -2.07. The molecule has 0 spiro atoms. The summed E-state index contributed by atoms with van der Waals surface area (Å²) >= 11 is 4.66. The zero-order valence-corrected chi connectivity index (χ0v) is 13.3. The summed E-state index contributed by atoms with van der Waals surface area (Å²) in [5.41, 5.74) is 0.698. The van der Waals surface area contributed by atoms with Gasteiger partial charge < -0.3 is 9.84 Å². The molecule has 5 heteroatoms. The van der Waals surface area contributed by atoms with Crippen LogP contribution in [0.2, 0.25) is 0 Å². The van der Waals surface area contributed by atoms with Crippen molar-refractivity contribution in [3.8, 4) is 5.75 Å². The van der Waals surface area contributed by atoms with E-state index in [-0.39, 0.29) is 6.61 Å². The summed E-state index contributed by atoms with van der Waals surface area (Å²) in [5.74, 6) is -0.181. The topological polar surface area (TPSA) is 46.5 Å². The fraction of sp³-hybridized carbons (Fsp3) is 0.0625. The summed E-state index contributed by atoms with van der Waals surface area (Å²) in [5, 5.41) is 13.0. The van der Waals surface area contributed by atoms with Crippen molar-refractivity contribution in [3.05, 3.63) is 62.8 Å². The third kappa shape index (κ3) is 3.09. The quantitative estimate of drug-likeness (QED) is 0.714. The smallest absolute Gasteiger partial charge is 0.346 e. The van der Waals surface area contributed by atoms with Crippen molar-refractivity contribution in [2.75, 3.05) is 0 Å². The molecule has 0 amide bonds. The molecule has 0 aliphatic rings. The Morgan fingerprint density at radius 3 is 2.71 bits per heavy atom. The lowest BCUT2D eigenvalue weighted by atomic mass is 10.1. The van der Waals surface area contributed by atoms with Gasteiger partial charge in [-0.05, 0) is 46.5 Å². The molecule has 106 valence electrons. The van der Waals surface area contributed by atoms with Crippen molar-refractivity contribution in [3.63, 3.8) is 0 Å². The normalized spacial score (nSPS) is 10.7. The molecule has 1 aromatic heterocycles. The van der Waals surface area contributed by atoms with E-state index in [1.54, 1.807) is 11.4 Å². The molecular formula is C16H11BrO3S. The van der Waals surface area contributed by atoms with E-state index >= 15 is 0 Å². The Balaban J connectivity index is 1.80. The highest BCUT2D eigenvalue weighted by Crippen LogP contribution is 2.25. The van der Waals surface area contributed by atoms with Crippen LogP contribution < -0.4 is 4.74 Å². The Morgan fingerprint density at radius 2 is 1.90 bits per heavy atom. The molecule has 0 aliphatic heterocycles. The standard InChI is InChI=1S/C16H11BrO3S/c17-13-3-1-11-8-14(4-2-10(11)7-13)20-9-12-5-6-21-15(12)16(18)19/h1-8H,9H2,(H,18,19). The molecule has 0 radical (unpaired) electrons. The molecule has 3 nitrogen and oxygen atoms in total. The molecule has 3 aromatic rings. The predicted octanol–water partition coefficient (Wildman–Crippen LogP) is 4.94. The molecule has 2 aromatic carbocycles. The Morgan fingerprint density at radius 1 is 1.14 bits per heavy atom. The number of thiophene rings is 1. The van der Waals surface area contributed by atoms with Crippen LogP contribution in [-0.2, 0) is 6.61 Å². The minimum Gasteiger partial charge on any atom is -0.489 e. The number of ether oxygens (including phenoxy) is 1. The lowest BCUT2D eigenvalue weighted by molar-refractivity contribution is 0.0699. The zero-order valence-electron chi connectivity index (χ0n) is 10.9. The first-order valence-electron chi connectivity index (χ1n) is 6.25. The van der Waals surface area contributed by atoms with E-state index in [4.69, 9.17) is 9.84 Å². The largest absolute Gasteiger partial charge is 0.489 e. The third-order valence-corrected chi connectivity index (χ3v) is 4.55. The summed E-state index contributed by atoms with van der Waals surface area (Å²) in [4.78, 5) is 11.4. The number of carboxylic acid groups (broad SMARTS) is 1. The Bertz CT molecular complexity index is 810. The van der Waals surface area contributed by atoms with E-state index in [1.807, 2.05) is 36.4 Å². The number of rotatable bonds is 4. The molecular weight excluding hydrogens is 352 g/mol. The first-order chi connectivity index (χ1) is 10.1. The second-order valence-corrected chi connectivity index (χ2v) is 6.35. The number of hydrogen-bond acceptors (Lipinski definition) is 3. The van der Waals surface area contributed by atoms with Crippen LogP contribution in [0, 0.1) is 0 Å². The molecule has 0 saturated carbocycles. The molecule has 3 rings (SSSR count). The van der Waals surface area contributed by atoms with Crippen molar-refractivity contribution in [1.29, 1.82) is 0 Å². The van der Waals surface area contributed by atoms with Gasteiger partial charge >= 0.3 is 5.97 Å². The number of aromatic carboxylic acids is 1. The number of benzene rings is 2. The molecule has 0 aliphatic carbocycles. The Hall–Kier alpha value is -1.85. The highest BCUT2D eigenvalue weighted by molar-refractivity contribution is 9.10. The maximum atomic E-state index is 11.1. The highest BCUT2D eigenvalue weighted by atomic mass is 79.9. The predicted molar refractivity (Wildman–Crippen MR) is 87.3 cm³/mol. The number of halogens is 1. The maximum absolute atomic E-state index is 11.1. The van der Waals surface area contributed by atoms with Crippen LogP contribution in [-0.4, -0.2) is 11.1 Å². The van der Waals surface area contributed by atoms with Crippen LogP contribution in [0.1, 0.15) is 15.2 Å². The van der Waals surface area contributed by atoms with Gasteiger partial charge in [-0.2, -0.15) is 0 Å². The van der Waals surface area contributed by atoms with Crippen LogP contribution in [0.4, 0.5) is 0 Å². The van der Waals surface area contributed by atoms with Gasteiger partial charge in [-0.15, -0.1) is 11.3 Å². The van der Waals surface area contributed by atoms with Gasteiger partial charge in [0.05, 0.1) is 0 Å². The van der Waals surface area contributed by atoms with Crippen LogP contribution in [0.15, 0.2) is 52.3 Å². The molecule has 0 fully saturated rings. The van der Waals surface area contributed by atoms with Crippen molar-refractivity contribution in [1.82, 2.24) is 0 Å². The minimum absolute atomic E-state index is 0.257. The summed E-state index contributed by atoms with van der Waals surface area (Å²) in [6.45, 7) is 0.257. The average Bonchev–Trinajstić information content (AvgIpc) is 2.93. The molecule has 0 saturated heterocycles. The molecule has 0 bridgehead atoms. The highest BCUT2D eigenvalue weighted by Gasteiger charge is 2.12. The maximum Gasteiger partial charge on any atom is 0.346 e. The lowest BCUT2D eigenvalue weighted by Crippen LogP contribution is -2.01. The van der Waals surface area contributed by atoms with E-state index in [0.717, 1.165) is 21.0 Å². The number of hydrogen-bond donors (Lipinski definition) is 1. The first kappa shape index (κ1) is 14.1. The fourth-order valence-electron chi connectivity index (χ4n) is 2.08. The molecule has 21 heavy (non-hydrogen) atoms. The van der Waals surface area contributed by atoms with Gasteiger partial charge in [-0.25, -0.2) is 4.79 Å². The summed E-state index contributed by atoms with van der Waals surface area (Å²) < 4.78 is 6.75. The van der Waals surface area contributed by atoms with E-state index in [0.29, 0.717) is 10.4 Å². The second-order valence-electron chi connectivity index (χ2n) is 4.52. The summed E-state index contributed by atoms with van der Waals surface area (Å²) in [7, 11) is 0. The van der Waals surface area contributed by atoms with Crippen LogP contribution in [0.3, 0.4) is 0 Å². The van der Waals surface area contributed by atoms with Gasteiger partial charge in [-0.3, -0.25) is 0 Å². The second kappa shape index (κ2) is 5.87. The number of carboxylic acids is 1. The van der Waals surface area contributed by atoms with Gasteiger partial charge in [-0.1, -0.05) is 28.1 Å². The Kier molecular flexibility index (Phi) is 3.94. The Labute approximate surface area is 133 Å². The van der Waals surface area contributed by atoms with E-state index in [1.165, 1.54) is 11.3 Å². The molecule has 1 N–H and O–H groups in total.